The maximum atomic E-state index is 12.1. The predicted molar refractivity (Wildman–Crippen MR) is 68.4 cm³/mol. The minimum atomic E-state index is -0.367. The van der Waals surface area contributed by atoms with Crippen LogP contribution < -0.4 is 5.32 Å². The number of carbonyl (C=O) groups is 1. The van der Waals surface area contributed by atoms with Gasteiger partial charge in [0, 0.05) is 20.2 Å². The van der Waals surface area contributed by atoms with E-state index in [0.717, 1.165) is 38.6 Å². The van der Waals surface area contributed by atoms with Gasteiger partial charge in [0.05, 0.1) is 18.2 Å². The maximum absolute atomic E-state index is 12.1. The molecule has 5 heteroatoms. The molecule has 0 spiro atoms. The summed E-state index contributed by atoms with van der Waals surface area (Å²) in [7, 11) is 1.71. The minimum Gasteiger partial charge on any atom is -0.391 e. The first-order chi connectivity index (χ1) is 8.70. The number of carbonyl (C=O) groups excluding carboxylic acids is 1. The second-order valence-electron chi connectivity index (χ2n) is 5.36. The number of amides is 2. The Bertz CT molecular complexity index is 285. The number of β-amino-alcohol motifs (C(OH)–C–C–N with tert-alkyl or cyclic N) is 1. The average molecular weight is 256 g/mol. The first-order valence-corrected chi connectivity index (χ1v) is 6.97. The highest BCUT2D eigenvalue weighted by Gasteiger charge is 2.29. The molecular formula is C13H24N2O3. The highest BCUT2D eigenvalue weighted by molar-refractivity contribution is 5.74. The summed E-state index contributed by atoms with van der Waals surface area (Å²) in [6, 6.07) is 0.0676. The number of hydrogen-bond donors (Lipinski definition) is 2. The summed E-state index contributed by atoms with van der Waals surface area (Å²) in [4.78, 5) is 13.8. The Balaban J connectivity index is 1.85. The van der Waals surface area contributed by atoms with Gasteiger partial charge in [-0.1, -0.05) is 12.8 Å². The lowest BCUT2D eigenvalue weighted by Crippen LogP contribution is -2.53. The van der Waals surface area contributed by atoms with Gasteiger partial charge in [-0.2, -0.15) is 0 Å². The van der Waals surface area contributed by atoms with E-state index in [4.69, 9.17) is 4.74 Å². The molecule has 0 radical (unpaired) electrons. The molecule has 2 N–H and O–H groups in total. The van der Waals surface area contributed by atoms with E-state index in [0.29, 0.717) is 6.54 Å². The van der Waals surface area contributed by atoms with Gasteiger partial charge >= 0.3 is 6.03 Å². The number of urea groups is 1. The van der Waals surface area contributed by atoms with Gasteiger partial charge in [0.2, 0.25) is 0 Å². The lowest BCUT2D eigenvalue weighted by Gasteiger charge is -2.35. The van der Waals surface area contributed by atoms with E-state index in [1.54, 1.807) is 12.0 Å². The van der Waals surface area contributed by atoms with E-state index in [-0.39, 0.29) is 24.3 Å². The molecule has 3 atom stereocenters. The summed E-state index contributed by atoms with van der Waals surface area (Å²) in [5.74, 6) is 0. The number of hydrogen-bond acceptors (Lipinski definition) is 3. The third-order valence-corrected chi connectivity index (χ3v) is 4.00. The van der Waals surface area contributed by atoms with Crippen LogP contribution in [0.15, 0.2) is 0 Å². The summed E-state index contributed by atoms with van der Waals surface area (Å²) in [5, 5.41) is 12.6. The molecule has 1 heterocycles. The van der Waals surface area contributed by atoms with Crippen molar-refractivity contribution < 1.29 is 14.6 Å². The van der Waals surface area contributed by atoms with Crippen molar-refractivity contribution in [2.24, 2.45) is 0 Å². The first kappa shape index (κ1) is 13.6. The fourth-order valence-corrected chi connectivity index (χ4v) is 2.93. The van der Waals surface area contributed by atoms with E-state index in [1.165, 1.54) is 6.42 Å². The van der Waals surface area contributed by atoms with Crippen LogP contribution >= 0.6 is 0 Å². The lowest BCUT2D eigenvalue weighted by atomic mass is 9.92. The Kier molecular flexibility index (Phi) is 4.83. The number of ether oxygens (including phenoxy) is 1. The van der Waals surface area contributed by atoms with Gasteiger partial charge in [0.15, 0.2) is 0 Å². The highest BCUT2D eigenvalue weighted by Crippen LogP contribution is 2.21. The molecule has 1 saturated heterocycles. The van der Waals surface area contributed by atoms with E-state index in [2.05, 4.69) is 5.32 Å². The van der Waals surface area contributed by atoms with Crippen LogP contribution in [-0.2, 0) is 4.74 Å². The number of likely N-dealkylation sites (tertiary alicyclic amines) is 1. The van der Waals surface area contributed by atoms with Crippen LogP contribution in [0.1, 0.15) is 38.5 Å². The molecule has 5 nitrogen and oxygen atoms in total. The molecule has 0 bridgehead atoms. The largest absolute Gasteiger partial charge is 0.391 e. The van der Waals surface area contributed by atoms with Crippen molar-refractivity contribution >= 4 is 6.03 Å². The molecule has 2 aliphatic rings. The molecule has 18 heavy (non-hydrogen) atoms. The number of nitrogens with zero attached hydrogens (tertiary/aromatic N) is 1. The number of rotatable bonds is 2. The van der Waals surface area contributed by atoms with E-state index >= 15 is 0 Å². The zero-order valence-electron chi connectivity index (χ0n) is 11.1. The zero-order valence-corrected chi connectivity index (χ0v) is 11.1. The van der Waals surface area contributed by atoms with Crippen LogP contribution in [0.3, 0.4) is 0 Å². The van der Waals surface area contributed by atoms with Crippen molar-refractivity contribution in [1.82, 2.24) is 10.2 Å². The number of nitrogens with one attached hydrogen (secondary N) is 1. The van der Waals surface area contributed by atoms with Crippen molar-refractivity contribution in [2.75, 3.05) is 20.2 Å². The monoisotopic (exact) mass is 256 g/mol. The second kappa shape index (κ2) is 6.38. The number of aliphatic hydroxyl groups is 1. The average Bonchev–Trinajstić information content (AvgIpc) is 2.39. The Hall–Kier alpha value is -0.810. The molecule has 2 amide bonds. The van der Waals surface area contributed by atoms with Crippen LogP contribution in [0.2, 0.25) is 0 Å². The third-order valence-electron chi connectivity index (χ3n) is 4.00. The lowest BCUT2D eigenvalue weighted by molar-refractivity contribution is 0.0392. The molecule has 3 unspecified atom stereocenters. The Morgan fingerprint density at radius 1 is 1.28 bits per heavy atom. The first-order valence-electron chi connectivity index (χ1n) is 6.97. The molecule has 1 saturated carbocycles. The molecule has 0 aromatic heterocycles. The van der Waals surface area contributed by atoms with Crippen molar-refractivity contribution in [3.63, 3.8) is 0 Å². The molecule has 104 valence electrons. The smallest absolute Gasteiger partial charge is 0.317 e. The summed E-state index contributed by atoms with van der Waals surface area (Å²) in [6.07, 6.45) is 5.78. The van der Waals surface area contributed by atoms with E-state index in [1.807, 2.05) is 0 Å². The maximum Gasteiger partial charge on any atom is 0.317 e. The van der Waals surface area contributed by atoms with E-state index < -0.39 is 0 Å². The molecule has 2 fully saturated rings. The van der Waals surface area contributed by atoms with Crippen LogP contribution in [0.5, 0.6) is 0 Å². The summed E-state index contributed by atoms with van der Waals surface area (Å²) in [5.41, 5.74) is 0. The molecule has 1 aliphatic carbocycles. The Morgan fingerprint density at radius 3 is 2.78 bits per heavy atom. The van der Waals surface area contributed by atoms with Crippen molar-refractivity contribution in [1.29, 1.82) is 0 Å². The van der Waals surface area contributed by atoms with Crippen molar-refractivity contribution in [3.8, 4) is 0 Å². The second-order valence-corrected chi connectivity index (χ2v) is 5.36. The van der Waals surface area contributed by atoms with E-state index in [9.17, 15) is 9.90 Å². The SMILES string of the molecule is COC1CCCCC1NC(=O)N1CCCC(O)C1. The van der Waals surface area contributed by atoms with Crippen molar-refractivity contribution in [2.45, 2.75) is 56.8 Å². The normalized spacial score (nSPS) is 33.2. The molecular weight excluding hydrogens is 232 g/mol. The van der Waals surface area contributed by atoms with Crippen LogP contribution in [0.4, 0.5) is 4.79 Å². The summed E-state index contributed by atoms with van der Waals surface area (Å²) < 4.78 is 5.43. The fraction of sp³-hybridized carbons (Fsp3) is 0.923. The van der Waals surface area contributed by atoms with Gasteiger partial charge < -0.3 is 20.1 Å². The predicted octanol–water partition coefficient (Wildman–Crippen LogP) is 1.11. The van der Waals surface area contributed by atoms with Gasteiger partial charge in [-0.3, -0.25) is 0 Å². The van der Waals surface area contributed by atoms with Crippen LogP contribution in [0, 0.1) is 0 Å². The standard InChI is InChI=1S/C13H24N2O3/c1-18-12-7-3-2-6-11(12)14-13(17)15-8-4-5-10(16)9-15/h10-12,16H,2-9H2,1H3,(H,14,17). The molecule has 0 aromatic rings. The van der Waals surface area contributed by atoms with Crippen LogP contribution in [0.25, 0.3) is 0 Å². The molecule has 0 aromatic carbocycles. The Morgan fingerprint density at radius 2 is 2.06 bits per heavy atom. The Labute approximate surface area is 108 Å². The molecule has 2 rings (SSSR count). The van der Waals surface area contributed by atoms with Gasteiger partial charge in [0.25, 0.3) is 0 Å². The zero-order chi connectivity index (χ0) is 13.0. The van der Waals surface area contributed by atoms with Gasteiger partial charge in [-0.25, -0.2) is 4.79 Å². The van der Waals surface area contributed by atoms with Crippen LogP contribution in [-0.4, -0.2) is 54.5 Å². The fourth-order valence-electron chi connectivity index (χ4n) is 2.93. The molecule has 1 aliphatic heterocycles. The van der Waals surface area contributed by atoms with Gasteiger partial charge in [-0.15, -0.1) is 0 Å². The quantitative estimate of drug-likeness (QED) is 0.778. The highest BCUT2D eigenvalue weighted by atomic mass is 16.5. The number of methoxy groups -OCH3 is 1. The number of piperidine rings is 1. The number of aliphatic hydroxyl groups excluding tert-OH is 1. The van der Waals surface area contributed by atoms with Crippen molar-refractivity contribution in [3.05, 3.63) is 0 Å². The topological polar surface area (TPSA) is 61.8 Å². The van der Waals surface area contributed by atoms with Gasteiger partial charge in [-0.05, 0) is 25.7 Å². The summed E-state index contributed by atoms with van der Waals surface area (Å²) in [6.45, 7) is 1.20. The third kappa shape index (κ3) is 3.36. The minimum absolute atomic E-state index is 0.0531. The van der Waals surface area contributed by atoms with Gasteiger partial charge in [0.1, 0.15) is 0 Å². The summed E-state index contributed by atoms with van der Waals surface area (Å²) >= 11 is 0.